The Bertz CT molecular complexity index is 564. The lowest BCUT2D eigenvalue weighted by Gasteiger charge is -2.15. The van der Waals surface area contributed by atoms with Gasteiger partial charge in [0.2, 0.25) is 0 Å². The molecule has 2 aromatic rings. The van der Waals surface area contributed by atoms with E-state index in [-0.39, 0.29) is 0 Å². The summed E-state index contributed by atoms with van der Waals surface area (Å²) in [6, 6.07) is 2.05. The standard InChI is InChI=1S/C14H20N4/c1-9(2)12-13(10-4-6-15-8-10)16-11-5-7-18(3)14(11)17-12/h5,7,9-10,15H,4,6,8H2,1-3H3. The molecule has 1 saturated heterocycles. The predicted octanol–water partition coefficient (Wildman–Crippen LogP) is 2.17. The molecular formula is C14H20N4. The van der Waals surface area contributed by atoms with Gasteiger partial charge in [0.05, 0.1) is 11.4 Å². The largest absolute Gasteiger partial charge is 0.334 e. The SMILES string of the molecule is CC(C)c1nc2c(ccn2C)nc1C1CCNC1. The summed E-state index contributed by atoms with van der Waals surface area (Å²) in [5.74, 6) is 0.951. The lowest BCUT2D eigenvalue weighted by molar-refractivity contribution is 0.689. The summed E-state index contributed by atoms with van der Waals surface area (Å²) in [6.07, 6.45) is 3.21. The van der Waals surface area contributed by atoms with Gasteiger partial charge in [-0.15, -0.1) is 0 Å². The molecule has 2 aromatic heterocycles. The van der Waals surface area contributed by atoms with Gasteiger partial charge in [-0.05, 0) is 24.9 Å². The van der Waals surface area contributed by atoms with Crippen molar-refractivity contribution in [2.24, 2.45) is 7.05 Å². The van der Waals surface area contributed by atoms with Gasteiger partial charge in [-0.25, -0.2) is 9.97 Å². The number of nitrogens with zero attached hydrogens (tertiary/aromatic N) is 3. The third-order valence-corrected chi connectivity index (χ3v) is 3.74. The molecule has 4 heteroatoms. The van der Waals surface area contributed by atoms with Crippen LogP contribution in [-0.2, 0) is 7.05 Å². The van der Waals surface area contributed by atoms with Crippen LogP contribution in [-0.4, -0.2) is 27.6 Å². The van der Waals surface area contributed by atoms with E-state index in [4.69, 9.17) is 9.97 Å². The summed E-state index contributed by atoms with van der Waals surface area (Å²) in [6.45, 7) is 6.53. The van der Waals surface area contributed by atoms with Crippen molar-refractivity contribution in [1.29, 1.82) is 0 Å². The van der Waals surface area contributed by atoms with Gasteiger partial charge in [0.1, 0.15) is 5.52 Å². The van der Waals surface area contributed by atoms with Crippen LogP contribution in [0.3, 0.4) is 0 Å². The first-order chi connectivity index (χ1) is 8.66. The van der Waals surface area contributed by atoms with Crippen molar-refractivity contribution in [3.8, 4) is 0 Å². The van der Waals surface area contributed by atoms with Crippen LogP contribution in [0.25, 0.3) is 11.2 Å². The summed E-state index contributed by atoms with van der Waals surface area (Å²) in [5.41, 5.74) is 4.38. The zero-order chi connectivity index (χ0) is 12.7. The molecule has 0 aromatic carbocycles. The number of aromatic nitrogens is 3. The molecule has 1 unspecified atom stereocenters. The fourth-order valence-corrected chi connectivity index (χ4v) is 2.70. The van der Waals surface area contributed by atoms with Crippen LogP contribution in [0.15, 0.2) is 12.3 Å². The molecule has 3 heterocycles. The molecule has 0 amide bonds. The second-order valence-corrected chi connectivity index (χ2v) is 5.47. The zero-order valence-electron chi connectivity index (χ0n) is 11.3. The van der Waals surface area contributed by atoms with Crippen molar-refractivity contribution in [2.75, 3.05) is 13.1 Å². The first-order valence-electron chi connectivity index (χ1n) is 6.70. The number of rotatable bonds is 2. The first kappa shape index (κ1) is 11.7. The summed E-state index contributed by atoms with van der Waals surface area (Å²) in [4.78, 5) is 9.73. The number of aryl methyl sites for hydroxylation is 1. The number of hydrogen-bond acceptors (Lipinski definition) is 3. The molecule has 96 valence electrons. The van der Waals surface area contributed by atoms with Crippen molar-refractivity contribution >= 4 is 11.2 Å². The zero-order valence-corrected chi connectivity index (χ0v) is 11.3. The van der Waals surface area contributed by atoms with Crippen LogP contribution in [0, 0.1) is 0 Å². The molecule has 18 heavy (non-hydrogen) atoms. The molecule has 1 N–H and O–H groups in total. The van der Waals surface area contributed by atoms with E-state index in [0.717, 1.165) is 29.9 Å². The van der Waals surface area contributed by atoms with Crippen LogP contribution in [0.4, 0.5) is 0 Å². The minimum Gasteiger partial charge on any atom is -0.334 e. The Kier molecular flexibility index (Phi) is 2.82. The van der Waals surface area contributed by atoms with Crippen molar-refractivity contribution in [3.05, 3.63) is 23.7 Å². The lowest BCUT2D eigenvalue weighted by atomic mass is 9.97. The highest BCUT2D eigenvalue weighted by Gasteiger charge is 2.24. The van der Waals surface area contributed by atoms with E-state index in [9.17, 15) is 0 Å². The minimum absolute atomic E-state index is 0.424. The first-order valence-corrected chi connectivity index (χ1v) is 6.70. The summed E-state index contributed by atoms with van der Waals surface area (Å²) in [5, 5.41) is 3.42. The highest BCUT2D eigenvalue weighted by atomic mass is 15.0. The van der Waals surface area contributed by atoms with Crippen molar-refractivity contribution in [3.63, 3.8) is 0 Å². The molecular weight excluding hydrogens is 224 g/mol. The fraction of sp³-hybridized carbons (Fsp3) is 0.571. The topological polar surface area (TPSA) is 42.7 Å². The van der Waals surface area contributed by atoms with E-state index >= 15 is 0 Å². The Morgan fingerprint density at radius 1 is 1.39 bits per heavy atom. The van der Waals surface area contributed by atoms with Gasteiger partial charge >= 0.3 is 0 Å². The van der Waals surface area contributed by atoms with Gasteiger partial charge in [0.25, 0.3) is 0 Å². The van der Waals surface area contributed by atoms with Gasteiger partial charge in [0.15, 0.2) is 5.65 Å². The van der Waals surface area contributed by atoms with E-state index in [0.29, 0.717) is 11.8 Å². The molecule has 3 rings (SSSR count). The maximum atomic E-state index is 4.88. The molecule has 1 fully saturated rings. The molecule has 1 atom stereocenters. The van der Waals surface area contributed by atoms with Crippen molar-refractivity contribution < 1.29 is 0 Å². The molecule has 0 aliphatic carbocycles. The highest BCUT2D eigenvalue weighted by molar-refractivity contribution is 5.71. The van der Waals surface area contributed by atoms with E-state index < -0.39 is 0 Å². The molecule has 0 spiro atoms. The number of fused-ring (bicyclic) bond motifs is 1. The molecule has 1 aliphatic heterocycles. The van der Waals surface area contributed by atoms with Crippen molar-refractivity contribution in [2.45, 2.75) is 32.1 Å². The van der Waals surface area contributed by atoms with Crippen LogP contribution >= 0.6 is 0 Å². The third kappa shape index (κ3) is 1.81. The molecule has 0 bridgehead atoms. The number of nitrogens with one attached hydrogen (secondary N) is 1. The molecule has 0 radical (unpaired) electrons. The average Bonchev–Trinajstić information content (AvgIpc) is 2.98. The van der Waals surface area contributed by atoms with Gasteiger partial charge in [-0.3, -0.25) is 0 Å². The molecule has 4 nitrogen and oxygen atoms in total. The molecule has 0 saturated carbocycles. The Morgan fingerprint density at radius 3 is 2.89 bits per heavy atom. The summed E-state index contributed by atoms with van der Waals surface area (Å²) in [7, 11) is 2.03. The van der Waals surface area contributed by atoms with Crippen LogP contribution in [0.1, 0.15) is 43.5 Å². The smallest absolute Gasteiger partial charge is 0.158 e. The summed E-state index contributed by atoms with van der Waals surface area (Å²) < 4.78 is 2.05. The maximum Gasteiger partial charge on any atom is 0.158 e. The van der Waals surface area contributed by atoms with E-state index in [1.807, 2.05) is 17.8 Å². The number of hydrogen-bond donors (Lipinski definition) is 1. The maximum absolute atomic E-state index is 4.88. The minimum atomic E-state index is 0.424. The molecule has 1 aliphatic rings. The Balaban J connectivity index is 2.17. The quantitative estimate of drug-likeness (QED) is 0.880. The Labute approximate surface area is 107 Å². The second-order valence-electron chi connectivity index (χ2n) is 5.47. The Hall–Kier alpha value is -1.42. The van der Waals surface area contributed by atoms with Crippen LogP contribution in [0.5, 0.6) is 0 Å². The van der Waals surface area contributed by atoms with Crippen LogP contribution < -0.4 is 5.32 Å². The van der Waals surface area contributed by atoms with Gasteiger partial charge < -0.3 is 9.88 Å². The van der Waals surface area contributed by atoms with Crippen LogP contribution in [0.2, 0.25) is 0 Å². The van der Waals surface area contributed by atoms with Gasteiger partial charge in [-0.1, -0.05) is 13.8 Å². The average molecular weight is 244 g/mol. The predicted molar refractivity (Wildman–Crippen MR) is 72.8 cm³/mol. The van der Waals surface area contributed by atoms with E-state index in [2.05, 4.69) is 25.2 Å². The third-order valence-electron chi connectivity index (χ3n) is 3.74. The van der Waals surface area contributed by atoms with Gasteiger partial charge in [-0.2, -0.15) is 0 Å². The normalized spacial score (nSPS) is 20.1. The fourth-order valence-electron chi connectivity index (χ4n) is 2.70. The van der Waals surface area contributed by atoms with E-state index in [1.165, 1.54) is 12.1 Å². The monoisotopic (exact) mass is 244 g/mol. The van der Waals surface area contributed by atoms with Crippen molar-refractivity contribution in [1.82, 2.24) is 19.9 Å². The summed E-state index contributed by atoms with van der Waals surface area (Å²) >= 11 is 0. The Morgan fingerprint density at radius 2 is 2.22 bits per heavy atom. The highest BCUT2D eigenvalue weighted by Crippen LogP contribution is 2.29. The second kappa shape index (κ2) is 4.35. The van der Waals surface area contributed by atoms with E-state index in [1.54, 1.807) is 0 Å². The van der Waals surface area contributed by atoms with Gasteiger partial charge in [0, 0.05) is 25.7 Å². The lowest BCUT2D eigenvalue weighted by Crippen LogP contribution is -2.13.